The molecule has 1 unspecified atom stereocenters. The number of hydrogen-bond donors (Lipinski definition) is 1. The van der Waals surface area contributed by atoms with E-state index in [1.165, 1.54) is 5.56 Å². The van der Waals surface area contributed by atoms with Crippen LogP contribution in [0.4, 0.5) is 0 Å². The SMILES string of the molecule is CCn1c(C(CCSC)NC(=O)c2ccc(C(C)(C)C)cc2)nc2ccccc21. The van der Waals surface area contributed by atoms with Gasteiger partial charge in [-0.2, -0.15) is 11.8 Å². The van der Waals surface area contributed by atoms with Gasteiger partial charge in [0.1, 0.15) is 5.82 Å². The van der Waals surface area contributed by atoms with Gasteiger partial charge in [-0.15, -0.1) is 0 Å². The van der Waals surface area contributed by atoms with E-state index in [9.17, 15) is 4.79 Å². The summed E-state index contributed by atoms with van der Waals surface area (Å²) in [4.78, 5) is 17.9. The largest absolute Gasteiger partial charge is 0.342 e. The Morgan fingerprint density at radius 1 is 1.14 bits per heavy atom. The van der Waals surface area contributed by atoms with Gasteiger partial charge in [-0.25, -0.2) is 4.98 Å². The summed E-state index contributed by atoms with van der Waals surface area (Å²) in [6, 6.07) is 16.0. The lowest BCUT2D eigenvalue weighted by atomic mass is 9.86. The number of nitrogens with zero attached hydrogens (tertiary/aromatic N) is 2. The smallest absolute Gasteiger partial charge is 0.251 e. The van der Waals surface area contributed by atoms with Crippen LogP contribution in [-0.4, -0.2) is 27.5 Å². The fourth-order valence-electron chi connectivity index (χ4n) is 3.56. The van der Waals surface area contributed by atoms with Crippen molar-refractivity contribution in [3.8, 4) is 0 Å². The van der Waals surface area contributed by atoms with Crippen molar-refractivity contribution in [1.29, 1.82) is 0 Å². The molecule has 5 heteroatoms. The average molecular weight is 410 g/mol. The lowest BCUT2D eigenvalue weighted by Gasteiger charge is -2.21. The fraction of sp³-hybridized carbons (Fsp3) is 0.417. The topological polar surface area (TPSA) is 46.9 Å². The summed E-state index contributed by atoms with van der Waals surface area (Å²) in [6.45, 7) is 9.47. The first-order valence-corrected chi connectivity index (χ1v) is 11.6. The van der Waals surface area contributed by atoms with E-state index in [4.69, 9.17) is 4.98 Å². The van der Waals surface area contributed by atoms with E-state index in [-0.39, 0.29) is 17.4 Å². The molecular formula is C24H31N3OS. The number of rotatable bonds is 7. The quantitative estimate of drug-likeness (QED) is 0.554. The second-order valence-corrected chi connectivity index (χ2v) is 9.32. The molecule has 0 bridgehead atoms. The molecule has 29 heavy (non-hydrogen) atoms. The number of hydrogen-bond acceptors (Lipinski definition) is 3. The third-order valence-electron chi connectivity index (χ3n) is 5.24. The van der Waals surface area contributed by atoms with Gasteiger partial charge in [0.15, 0.2) is 0 Å². The molecule has 154 valence electrons. The number of carbonyl (C=O) groups excluding carboxylic acids is 1. The third-order valence-corrected chi connectivity index (χ3v) is 5.89. The Balaban J connectivity index is 1.89. The molecule has 0 radical (unpaired) electrons. The highest BCUT2D eigenvalue weighted by molar-refractivity contribution is 7.98. The number of thioether (sulfide) groups is 1. The van der Waals surface area contributed by atoms with Crippen LogP contribution in [0.25, 0.3) is 11.0 Å². The molecule has 0 aliphatic rings. The maximum atomic E-state index is 13.0. The summed E-state index contributed by atoms with van der Waals surface area (Å²) < 4.78 is 2.21. The summed E-state index contributed by atoms with van der Waals surface area (Å²) in [5, 5.41) is 3.24. The average Bonchev–Trinajstić information content (AvgIpc) is 3.09. The monoisotopic (exact) mass is 409 g/mol. The molecule has 3 rings (SSSR count). The highest BCUT2D eigenvalue weighted by atomic mass is 32.2. The van der Waals surface area contributed by atoms with Crippen molar-refractivity contribution in [2.45, 2.75) is 52.1 Å². The molecule has 0 saturated carbocycles. The number of carbonyl (C=O) groups is 1. The predicted octanol–water partition coefficient (Wildman–Crippen LogP) is 5.58. The Kier molecular flexibility index (Phi) is 6.68. The van der Waals surface area contributed by atoms with E-state index >= 15 is 0 Å². The summed E-state index contributed by atoms with van der Waals surface area (Å²) in [6.07, 6.45) is 2.93. The number of imidazole rings is 1. The molecule has 1 N–H and O–H groups in total. The van der Waals surface area contributed by atoms with Crippen LogP contribution in [0.2, 0.25) is 0 Å². The van der Waals surface area contributed by atoms with Gasteiger partial charge in [0, 0.05) is 12.1 Å². The number of amides is 1. The Hall–Kier alpha value is -2.27. The van der Waals surface area contributed by atoms with Crippen molar-refractivity contribution >= 4 is 28.7 Å². The van der Waals surface area contributed by atoms with Crippen LogP contribution >= 0.6 is 11.8 Å². The second-order valence-electron chi connectivity index (χ2n) is 8.34. The lowest BCUT2D eigenvalue weighted by molar-refractivity contribution is 0.0933. The number of benzene rings is 2. The second kappa shape index (κ2) is 9.04. The first kappa shape index (κ1) is 21.4. The van der Waals surface area contributed by atoms with Crippen LogP contribution in [0.15, 0.2) is 48.5 Å². The van der Waals surface area contributed by atoms with Crippen LogP contribution in [0.1, 0.15) is 61.9 Å². The molecule has 0 saturated heterocycles. The molecule has 0 aliphatic carbocycles. The van der Waals surface area contributed by atoms with Crippen molar-refractivity contribution in [3.63, 3.8) is 0 Å². The fourth-order valence-corrected chi connectivity index (χ4v) is 4.03. The van der Waals surface area contributed by atoms with Crippen LogP contribution < -0.4 is 5.32 Å². The Labute approximate surface area is 178 Å². The number of nitrogens with one attached hydrogen (secondary N) is 1. The minimum atomic E-state index is -0.121. The van der Waals surface area contributed by atoms with Gasteiger partial charge in [-0.1, -0.05) is 45.0 Å². The van der Waals surface area contributed by atoms with Crippen molar-refractivity contribution < 1.29 is 4.79 Å². The number of aryl methyl sites for hydroxylation is 1. The molecule has 1 heterocycles. The van der Waals surface area contributed by atoms with Crippen molar-refractivity contribution in [2.75, 3.05) is 12.0 Å². The summed E-state index contributed by atoms with van der Waals surface area (Å²) in [5.41, 5.74) is 4.07. The zero-order valence-corrected chi connectivity index (χ0v) is 18.8. The number of para-hydroxylation sites is 2. The van der Waals surface area contributed by atoms with E-state index in [0.29, 0.717) is 5.56 Å². The van der Waals surface area contributed by atoms with Gasteiger partial charge in [0.05, 0.1) is 17.1 Å². The molecule has 0 spiro atoms. The van der Waals surface area contributed by atoms with Gasteiger partial charge in [0.2, 0.25) is 0 Å². The highest BCUT2D eigenvalue weighted by Crippen LogP contribution is 2.25. The van der Waals surface area contributed by atoms with Crippen LogP contribution in [0.5, 0.6) is 0 Å². The van der Waals surface area contributed by atoms with Crippen LogP contribution in [0.3, 0.4) is 0 Å². The lowest BCUT2D eigenvalue weighted by Crippen LogP contribution is -2.31. The van der Waals surface area contributed by atoms with E-state index in [2.05, 4.69) is 49.9 Å². The molecule has 1 atom stereocenters. The summed E-state index contributed by atoms with van der Waals surface area (Å²) >= 11 is 1.78. The molecular weight excluding hydrogens is 378 g/mol. The maximum Gasteiger partial charge on any atom is 0.251 e. The summed E-state index contributed by atoms with van der Waals surface area (Å²) in [5.74, 6) is 1.84. The Morgan fingerprint density at radius 3 is 2.45 bits per heavy atom. The van der Waals surface area contributed by atoms with Crippen molar-refractivity contribution in [3.05, 3.63) is 65.5 Å². The maximum absolute atomic E-state index is 13.0. The van der Waals surface area contributed by atoms with Crippen molar-refractivity contribution in [2.24, 2.45) is 0 Å². The molecule has 1 aromatic heterocycles. The van der Waals surface area contributed by atoms with E-state index in [1.54, 1.807) is 11.8 Å². The van der Waals surface area contributed by atoms with Gasteiger partial charge in [0.25, 0.3) is 5.91 Å². The normalized spacial score (nSPS) is 12.9. The first-order chi connectivity index (χ1) is 13.8. The molecule has 4 nitrogen and oxygen atoms in total. The molecule has 3 aromatic rings. The highest BCUT2D eigenvalue weighted by Gasteiger charge is 2.22. The van der Waals surface area contributed by atoms with Gasteiger partial charge < -0.3 is 9.88 Å². The standard InChI is InChI=1S/C24H31N3OS/c1-6-27-21-10-8-7-9-19(21)25-22(27)20(15-16-29-5)26-23(28)17-11-13-18(14-12-17)24(2,3)4/h7-14,20H,6,15-16H2,1-5H3,(H,26,28). The van der Waals surface area contributed by atoms with Crippen LogP contribution in [0, 0.1) is 0 Å². The van der Waals surface area contributed by atoms with E-state index in [1.807, 2.05) is 42.5 Å². The first-order valence-electron chi connectivity index (χ1n) is 10.2. The predicted molar refractivity (Wildman–Crippen MR) is 124 cm³/mol. The Morgan fingerprint density at radius 2 is 1.83 bits per heavy atom. The molecule has 0 fully saturated rings. The number of fused-ring (bicyclic) bond motifs is 1. The third kappa shape index (κ3) is 4.84. The van der Waals surface area contributed by atoms with Gasteiger partial charge in [-0.05, 0) is 60.6 Å². The molecule has 1 amide bonds. The van der Waals surface area contributed by atoms with Gasteiger partial charge in [-0.3, -0.25) is 4.79 Å². The van der Waals surface area contributed by atoms with Crippen LogP contribution in [-0.2, 0) is 12.0 Å². The van der Waals surface area contributed by atoms with Gasteiger partial charge >= 0.3 is 0 Å². The molecule has 0 aliphatic heterocycles. The Bertz CT molecular complexity index is 970. The zero-order chi connectivity index (χ0) is 21.0. The summed E-state index contributed by atoms with van der Waals surface area (Å²) in [7, 11) is 0. The van der Waals surface area contributed by atoms with E-state index in [0.717, 1.165) is 35.6 Å². The van der Waals surface area contributed by atoms with Crippen molar-refractivity contribution in [1.82, 2.24) is 14.9 Å². The minimum absolute atomic E-state index is 0.0497. The molecule has 2 aromatic carbocycles. The minimum Gasteiger partial charge on any atom is -0.342 e. The van der Waals surface area contributed by atoms with E-state index < -0.39 is 0 Å². The number of aromatic nitrogens is 2. The zero-order valence-electron chi connectivity index (χ0n) is 18.0.